The Morgan fingerprint density at radius 2 is 1.86 bits per heavy atom. The van der Waals surface area contributed by atoms with Crippen LogP contribution in [0, 0.1) is 5.92 Å². The van der Waals surface area contributed by atoms with E-state index in [1.807, 2.05) is 6.92 Å². The summed E-state index contributed by atoms with van der Waals surface area (Å²) in [6.07, 6.45) is 1.71. The highest BCUT2D eigenvalue weighted by atomic mass is 35.5. The van der Waals surface area contributed by atoms with Crippen LogP contribution in [0.1, 0.15) is 19.8 Å². The lowest BCUT2D eigenvalue weighted by molar-refractivity contribution is -0.123. The average Bonchev–Trinajstić information content (AvgIpc) is 2.48. The van der Waals surface area contributed by atoms with Crippen LogP contribution in [0.3, 0.4) is 0 Å². The van der Waals surface area contributed by atoms with Crippen molar-refractivity contribution in [2.24, 2.45) is 5.92 Å². The van der Waals surface area contributed by atoms with Crippen molar-refractivity contribution >= 4 is 58.8 Å². The van der Waals surface area contributed by atoms with E-state index in [9.17, 15) is 4.79 Å². The zero-order valence-corrected chi connectivity index (χ0v) is 14.7. The quantitative estimate of drug-likeness (QED) is 0.797. The van der Waals surface area contributed by atoms with E-state index in [0.29, 0.717) is 27.3 Å². The second-order valence-corrected chi connectivity index (χ2v) is 5.96. The number of amides is 1. The van der Waals surface area contributed by atoms with Gasteiger partial charge in [-0.05, 0) is 45.0 Å². The van der Waals surface area contributed by atoms with Crippen molar-refractivity contribution in [3.05, 3.63) is 27.2 Å². The summed E-state index contributed by atoms with van der Waals surface area (Å²) in [6.45, 7) is 4.24. The summed E-state index contributed by atoms with van der Waals surface area (Å²) in [4.78, 5) is 14.3. The fourth-order valence-corrected chi connectivity index (χ4v) is 3.09. The molecule has 0 aromatic heterocycles. The Morgan fingerprint density at radius 3 is 2.43 bits per heavy atom. The third kappa shape index (κ3) is 4.17. The minimum Gasteiger partial charge on any atom is -0.317 e. The molecule has 1 heterocycles. The van der Waals surface area contributed by atoms with Crippen molar-refractivity contribution < 1.29 is 4.79 Å². The lowest BCUT2D eigenvalue weighted by Gasteiger charge is -2.29. The lowest BCUT2D eigenvalue weighted by Crippen LogP contribution is -2.41. The predicted octanol–water partition coefficient (Wildman–Crippen LogP) is 4.42. The van der Waals surface area contributed by atoms with Crippen LogP contribution in [0.15, 0.2) is 12.1 Å². The molecule has 0 spiro atoms. The lowest BCUT2D eigenvalue weighted by atomic mass is 9.96. The smallest absolute Gasteiger partial charge is 0.230 e. The molecular weight excluding hydrogens is 354 g/mol. The molecule has 1 N–H and O–H groups in total. The van der Waals surface area contributed by atoms with Crippen LogP contribution >= 0.6 is 47.2 Å². The molecule has 0 radical (unpaired) electrons. The first-order chi connectivity index (χ1) is 9.56. The number of anilines is 1. The Hall–Kier alpha value is -0.190. The van der Waals surface area contributed by atoms with Gasteiger partial charge in [0.1, 0.15) is 0 Å². The van der Waals surface area contributed by atoms with Gasteiger partial charge in [-0.2, -0.15) is 0 Å². The second kappa shape index (κ2) is 8.44. The number of halogens is 4. The molecule has 2 rings (SSSR count). The third-order valence-corrected chi connectivity index (χ3v) is 4.86. The van der Waals surface area contributed by atoms with Crippen molar-refractivity contribution in [2.75, 3.05) is 24.5 Å². The zero-order valence-electron chi connectivity index (χ0n) is 11.7. The van der Waals surface area contributed by atoms with Gasteiger partial charge in [0.2, 0.25) is 5.91 Å². The molecule has 118 valence electrons. The minimum atomic E-state index is 0. The predicted molar refractivity (Wildman–Crippen MR) is 92.3 cm³/mol. The first kappa shape index (κ1) is 18.9. The summed E-state index contributed by atoms with van der Waals surface area (Å²) in [6, 6.07) is 3.42. The van der Waals surface area contributed by atoms with E-state index >= 15 is 0 Å². The molecule has 1 aromatic carbocycles. The minimum absolute atomic E-state index is 0. The van der Waals surface area contributed by atoms with Crippen molar-refractivity contribution in [3.63, 3.8) is 0 Å². The van der Waals surface area contributed by atoms with Gasteiger partial charge in [0, 0.05) is 12.5 Å². The highest BCUT2D eigenvalue weighted by Crippen LogP contribution is 2.38. The Labute approximate surface area is 146 Å². The van der Waals surface area contributed by atoms with Gasteiger partial charge in [-0.25, -0.2) is 0 Å². The maximum atomic E-state index is 12.6. The van der Waals surface area contributed by atoms with E-state index in [-0.39, 0.29) is 24.2 Å². The van der Waals surface area contributed by atoms with E-state index in [1.54, 1.807) is 17.0 Å². The molecule has 1 saturated heterocycles. The van der Waals surface area contributed by atoms with Gasteiger partial charge in [-0.1, -0.05) is 34.8 Å². The van der Waals surface area contributed by atoms with E-state index in [4.69, 9.17) is 34.8 Å². The summed E-state index contributed by atoms with van der Waals surface area (Å²) >= 11 is 18.2. The van der Waals surface area contributed by atoms with Gasteiger partial charge in [0.05, 0.1) is 20.8 Å². The van der Waals surface area contributed by atoms with Crippen molar-refractivity contribution in [1.29, 1.82) is 0 Å². The molecular formula is C14H18Cl4N2O. The molecule has 1 aromatic rings. The second-order valence-electron chi connectivity index (χ2n) is 4.80. The summed E-state index contributed by atoms with van der Waals surface area (Å²) < 4.78 is 0. The molecule has 0 unspecified atom stereocenters. The molecule has 7 heteroatoms. The maximum Gasteiger partial charge on any atom is 0.230 e. The van der Waals surface area contributed by atoms with Crippen LogP contribution in [0.2, 0.25) is 15.1 Å². The highest BCUT2D eigenvalue weighted by Gasteiger charge is 2.27. The first-order valence-electron chi connectivity index (χ1n) is 6.71. The van der Waals surface area contributed by atoms with E-state index in [0.717, 1.165) is 25.9 Å². The Bertz CT molecular complexity index is 504. The zero-order chi connectivity index (χ0) is 14.7. The largest absolute Gasteiger partial charge is 0.317 e. The highest BCUT2D eigenvalue weighted by molar-refractivity contribution is 6.49. The molecule has 0 aliphatic carbocycles. The monoisotopic (exact) mass is 370 g/mol. The topological polar surface area (TPSA) is 32.3 Å². The van der Waals surface area contributed by atoms with Gasteiger partial charge < -0.3 is 10.2 Å². The molecule has 1 aliphatic heterocycles. The van der Waals surface area contributed by atoms with Crippen molar-refractivity contribution in [2.45, 2.75) is 19.8 Å². The number of nitrogens with zero attached hydrogens (tertiary/aromatic N) is 1. The van der Waals surface area contributed by atoms with Gasteiger partial charge in [0.25, 0.3) is 0 Å². The number of carbonyl (C=O) groups excluding carboxylic acids is 1. The van der Waals surface area contributed by atoms with E-state index < -0.39 is 0 Å². The maximum absolute atomic E-state index is 12.6. The van der Waals surface area contributed by atoms with Gasteiger partial charge >= 0.3 is 0 Å². The number of nitrogens with one attached hydrogen (secondary N) is 1. The van der Waals surface area contributed by atoms with Crippen LogP contribution in [-0.4, -0.2) is 25.5 Å². The van der Waals surface area contributed by atoms with E-state index in [1.165, 1.54) is 0 Å². The summed E-state index contributed by atoms with van der Waals surface area (Å²) in [7, 11) is 0. The molecule has 0 atom stereocenters. The number of benzene rings is 1. The molecule has 0 saturated carbocycles. The van der Waals surface area contributed by atoms with Crippen LogP contribution in [-0.2, 0) is 4.79 Å². The summed E-state index contributed by atoms with van der Waals surface area (Å²) in [5.41, 5.74) is 0.632. The molecule has 1 fully saturated rings. The van der Waals surface area contributed by atoms with Gasteiger partial charge in [0.15, 0.2) is 0 Å². The normalized spacial score (nSPS) is 15.4. The number of piperidine rings is 1. The first-order valence-corrected chi connectivity index (χ1v) is 7.85. The molecule has 3 nitrogen and oxygen atoms in total. The fourth-order valence-electron chi connectivity index (χ4n) is 2.46. The number of carbonyl (C=O) groups is 1. The number of rotatable bonds is 3. The Morgan fingerprint density at radius 1 is 1.24 bits per heavy atom. The van der Waals surface area contributed by atoms with E-state index in [2.05, 4.69) is 5.32 Å². The molecule has 1 amide bonds. The average molecular weight is 372 g/mol. The summed E-state index contributed by atoms with van der Waals surface area (Å²) in [5, 5.41) is 4.28. The van der Waals surface area contributed by atoms with Crippen molar-refractivity contribution in [3.8, 4) is 0 Å². The van der Waals surface area contributed by atoms with Crippen LogP contribution in [0.4, 0.5) is 5.69 Å². The molecule has 0 bridgehead atoms. The molecule has 1 aliphatic rings. The summed E-state index contributed by atoms with van der Waals surface area (Å²) in [5.74, 6) is 0.149. The molecule has 21 heavy (non-hydrogen) atoms. The standard InChI is InChI=1S/C14H17Cl3N2O.ClH/c1-2-19(14(20)9-5-7-18-8-6-9)11-4-3-10(15)12(16)13(11)17;/h3-4,9,18H,2,5-8H2,1H3;1H. The Kier molecular flexibility index (Phi) is 7.58. The van der Waals surface area contributed by atoms with Crippen LogP contribution < -0.4 is 10.2 Å². The van der Waals surface area contributed by atoms with Crippen LogP contribution in [0.5, 0.6) is 0 Å². The SMILES string of the molecule is CCN(C(=O)C1CCNCC1)c1ccc(Cl)c(Cl)c1Cl.Cl. The Balaban J connectivity index is 0.00000220. The van der Waals surface area contributed by atoms with Gasteiger partial charge in [-0.3, -0.25) is 4.79 Å². The van der Waals surface area contributed by atoms with Crippen LogP contribution in [0.25, 0.3) is 0 Å². The van der Waals surface area contributed by atoms with Gasteiger partial charge in [-0.15, -0.1) is 12.4 Å². The van der Waals surface area contributed by atoms with Crippen molar-refractivity contribution in [1.82, 2.24) is 5.32 Å². The number of hydrogen-bond acceptors (Lipinski definition) is 2. The number of hydrogen-bond donors (Lipinski definition) is 1. The third-order valence-electron chi connectivity index (χ3n) is 3.58. The fraction of sp³-hybridized carbons (Fsp3) is 0.500.